The fraction of sp³-hybridized carbons (Fsp3) is 0.111. The van der Waals surface area contributed by atoms with Crippen LogP contribution >= 0.6 is 15.9 Å². The van der Waals surface area contributed by atoms with Crippen LogP contribution in [0.5, 0.6) is 0 Å². The maximum absolute atomic E-state index is 12.2. The van der Waals surface area contributed by atoms with Gasteiger partial charge in [-0.3, -0.25) is 20.4 Å². The summed E-state index contributed by atoms with van der Waals surface area (Å²) < 4.78 is 2.88. The lowest BCUT2D eigenvalue weighted by molar-refractivity contribution is -0.122. The SMILES string of the molecule is Cc1c(Br)c2ccccc2n1CC(=O)NNC(=O)c1ccccc1. The first-order valence-electron chi connectivity index (χ1n) is 7.45. The Hall–Kier alpha value is -2.60. The molecule has 0 saturated carbocycles. The van der Waals surface area contributed by atoms with Crippen molar-refractivity contribution in [1.29, 1.82) is 0 Å². The monoisotopic (exact) mass is 385 g/mol. The number of para-hydroxylation sites is 1. The van der Waals surface area contributed by atoms with E-state index in [1.165, 1.54) is 0 Å². The molecule has 2 N–H and O–H groups in total. The van der Waals surface area contributed by atoms with Gasteiger partial charge in [-0.25, -0.2) is 0 Å². The summed E-state index contributed by atoms with van der Waals surface area (Å²) in [4.78, 5) is 24.1. The second kappa shape index (κ2) is 6.88. The first-order valence-corrected chi connectivity index (χ1v) is 8.25. The summed E-state index contributed by atoms with van der Waals surface area (Å²) >= 11 is 3.56. The number of carbonyl (C=O) groups is 2. The molecule has 0 aliphatic rings. The van der Waals surface area contributed by atoms with Crippen LogP contribution in [0.4, 0.5) is 0 Å². The van der Waals surface area contributed by atoms with Gasteiger partial charge < -0.3 is 4.57 Å². The van der Waals surface area contributed by atoms with E-state index in [9.17, 15) is 9.59 Å². The van der Waals surface area contributed by atoms with E-state index in [-0.39, 0.29) is 18.4 Å². The molecule has 6 heteroatoms. The zero-order chi connectivity index (χ0) is 17.1. The van der Waals surface area contributed by atoms with Crippen molar-refractivity contribution >= 4 is 38.6 Å². The summed E-state index contributed by atoms with van der Waals surface area (Å²) in [5.74, 6) is -0.644. The lowest BCUT2D eigenvalue weighted by Crippen LogP contribution is -2.43. The lowest BCUT2D eigenvalue weighted by Gasteiger charge is -2.10. The fourth-order valence-electron chi connectivity index (χ4n) is 2.56. The van der Waals surface area contributed by atoms with Crippen molar-refractivity contribution in [2.75, 3.05) is 0 Å². The van der Waals surface area contributed by atoms with Gasteiger partial charge in [0.2, 0.25) is 0 Å². The van der Waals surface area contributed by atoms with Crippen molar-refractivity contribution in [3.8, 4) is 0 Å². The van der Waals surface area contributed by atoms with Crippen LogP contribution < -0.4 is 10.9 Å². The molecule has 0 aliphatic carbocycles. The van der Waals surface area contributed by atoms with Gasteiger partial charge in [0.15, 0.2) is 0 Å². The predicted octanol–water partition coefficient (Wildman–Crippen LogP) is 3.17. The molecule has 0 bridgehead atoms. The highest BCUT2D eigenvalue weighted by atomic mass is 79.9. The van der Waals surface area contributed by atoms with Gasteiger partial charge in [0.05, 0.1) is 0 Å². The zero-order valence-electron chi connectivity index (χ0n) is 13.0. The van der Waals surface area contributed by atoms with Crippen LogP contribution in [0.1, 0.15) is 16.1 Å². The summed E-state index contributed by atoms with van der Waals surface area (Å²) in [5, 5.41) is 1.05. The molecule has 0 saturated heterocycles. The van der Waals surface area contributed by atoms with Crippen LogP contribution in [-0.4, -0.2) is 16.4 Å². The van der Waals surface area contributed by atoms with Crippen LogP contribution in [0.25, 0.3) is 10.9 Å². The minimum atomic E-state index is -0.348. The third-order valence-corrected chi connectivity index (χ3v) is 4.81. The number of benzene rings is 2. The van der Waals surface area contributed by atoms with Crippen molar-refractivity contribution in [2.24, 2.45) is 0 Å². The van der Waals surface area contributed by atoms with E-state index in [0.29, 0.717) is 5.56 Å². The van der Waals surface area contributed by atoms with Crippen molar-refractivity contribution in [2.45, 2.75) is 13.5 Å². The van der Waals surface area contributed by atoms with Gasteiger partial charge in [-0.1, -0.05) is 36.4 Å². The van der Waals surface area contributed by atoms with Gasteiger partial charge in [-0.15, -0.1) is 0 Å². The molecule has 0 atom stereocenters. The average Bonchev–Trinajstić information content (AvgIpc) is 2.86. The number of fused-ring (bicyclic) bond motifs is 1. The number of hydrogen-bond acceptors (Lipinski definition) is 2. The highest BCUT2D eigenvalue weighted by molar-refractivity contribution is 9.10. The molecule has 1 aromatic heterocycles. The Morgan fingerprint density at radius 2 is 1.67 bits per heavy atom. The van der Waals surface area contributed by atoms with E-state index in [2.05, 4.69) is 26.8 Å². The number of halogens is 1. The number of rotatable bonds is 3. The Morgan fingerprint density at radius 3 is 2.42 bits per heavy atom. The molecule has 0 aliphatic heterocycles. The number of aromatic nitrogens is 1. The Labute approximate surface area is 147 Å². The van der Waals surface area contributed by atoms with Crippen molar-refractivity contribution in [3.63, 3.8) is 0 Å². The van der Waals surface area contributed by atoms with Crippen molar-refractivity contribution < 1.29 is 9.59 Å². The molecule has 0 fully saturated rings. The van der Waals surface area contributed by atoms with E-state index >= 15 is 0 Å². The Kier molecular flexibility index (Phi) is 4.66. The second-order valence-electron chi connectivity index (χ2n) is 5.37. The smallest absolute Gasteiger partial charge is 0.269 e. The molecule has 0 unspecified atom stereocenters. The number of nitrogens with one attached hydrogen (secondary N) is 2. The molecular weight excluding hydrogens is 370 g/mol. The summed E-state index contributed by atoms with van der Waals surface area (Å²) in [6, 6.07) is 16.6. The van der Waals surface area contributed by atoms with E-state index < -0.39 is 0 Å². The average molecular weight is 386 g/mol. The molecule has 5 nitrogen and oxygen atoms in total. The van der Waals surface area contributed by atoms with Gasteiger partial charge in [0.25, 0.3) is 11.8 Å². The molecular formula is C18H16BrN3O2. The number of hydrazine groups is 1. The Bertz CT molecular complexity index is 903. The van der Waals surface area contributed by atoms with Crippen LogP contribution in [0.2, 0.25) is 0 Å². The Balaban J connectivity index is 1.70. The molecule has 2 aromatic carbocycles. The summed E-state index contributed by atoms with van der Waals surface area (Å²) in [5.41, 5.74) is 7.30. The highest BCUT2D eigenvalue weighted by Gasteiger charge is 2.14. The molecule has 0 radical (unpaired) electrons. The molecule has 0 spiro atoms. The topological polar surface area (TPSA) is 63.1 Å². The quantitative estimate of drug-likeness (QED) is 0.680. The van der Waals surface area contributed by atoms with Crippen LogP contribution in [0, 0.1) is 6.92 Å². The minimum Gasteiger partial charge on any atom is -0.334 e. The molecule has 3 aromatic rings. The normalized spacial score (nSPS) is 10.6. The maximum atomic E-state index is 12.2. The Morgan fingerprint density at radius 1 is 1.00 bits per heavy atom. The third kappa shape index (κ3) is 3.19. The van der Waals surface area contributed by atoms with Crippen LogP contribution in [0.3, 0.4) is 0 Å². The first-order chi connectivity index (χ1) is 11.6. The molecule has 122 valence electrons. The molecule has 3 rings (SSSR count). The maximum Gasteiger partial charge on any atom is 0.269 e. The molecule has 1 heterocycles. The number of hydrogen-bond donors (Lipinski definition) is 2. The fourth-order valence-corrected chi connectivity index (χ4v) is 3.11. The van der Waals surface area contributed by atoms with Crippen molar-refractivity contribution in [3.05, 3.63) is 70.3 Å². The number of nitrogens with zero attached hydrogens (tertiary/aromatic N) is 1. The summed E-state index contributed by atoms with van der Waals surface area (Å²) in [7, 11) is 0. The molecule has 24 heavy (non-hydrogen) atoms. The van der Waals surface area contributed by atoms with E-state index in [0.717, 1.165) is 21.1 Å². The summed E-state index contributed by atoms with van der Waals surface area (Å²) in [6.07, 6.45) is 0. The highest BCUT2D eigenvalue weighted by Crippen LogP contribution is 2.30. The summed E-state index contributed by atoms with van der Waals surface area (Å²) in [6.45, 7) is 2.06. The third-order valence-electron chi connectivity index (χ3n) is 3.81. The van der Waals surface area contributed by atoms with Gasteiger partial charge in [0.1, 0.15) is 6.54 Å². The van der Waals surface area contributed by atoms with E-state index in [1.54, 1.807) is 24.3 Å². The number of amides is 2. The van der Waals surface area contributed by atoms with Gasteiger partial charge in [0, 0.05) is 26.6 Å². The van der Waals surface area contributed by atoms with Crippen LogP contribution in [-0.2, 0) is 11.3 Å². The van der Waals surface area contributed by atoms with Gasteiger partial charge >= 0.3 is 0 Å². The zero-order valence-corrected chi connectivity index (χ0v) is 14.6. The molecule has 2 amide bonds. The van der Waals surface area contributed by atoms with E-state index in [4.69, 9.17) is 0 Å². The second-order valence-corrected chi connectivity index (χ2v) is 6.16. The minimum absolute atomic E-state index is 0.118. The van der Waals surface area contributed by atoms with Gasteiger partial charge in [-0.05, 0) is 41.1 Å². The van der Waals surface area contributed by atoms with E-state index in [1.807, 2.05) is 41.8 Å². The van der Waals surface area contributed by atoms with Gasteiger partial charge in [-0.2, -0.15) is 0 Å². The largest absolute Gasteiger partial charge is 0.334 e. The predicted molar refractivity (Wildman–Crippen MR) is 96.4 cm³/mol. The lowest BCUT2D eigenvalue weighted by atomic mass is 10.2. The number of carbonyl (C=O) groups excluding carboxylic acids is 2. The van der Waals surface area contributed by atoms with Crippen molar-refractivity contribution in [1.82, 2.24) is 15.4 Å². The standard InChI is InChI=1S/C18H16BrN3O2/c1-12-17(19)14-9-5-6-10-15(14)22(12)11-16(23)20-21-18(24)13-7-3-2-4-8-13/h2-10H,11H2,1H3,(H,20,23)(H,21,24). The van der Waals surface area contributed by atoms with Crippen LogP contribution in [0.15, 0.2) is 59.1 Å². The first kappa shape index (κ1) is 16.3.